The molecule has 2 heteroatoms. The number of hydrogen-bond acceptors (Lipinski definition) is 1. The highest BCUT2D eigenvalue weighted by Gasteiger charge is 2.16. The minimum Gasteiger partial charge on any atom is -0.389 e. The van der Waals surface area contributed by atoms with Gasteiger partial charge in [-0.05, 0) is 45.7 Å². The molecular formula is C15H21NO. The normalized spacial score (nSPS) is 13.6. The summed E-state index contributed by atoms with van der Waals surface area (Å²) in [7, 11) is 0. The maximum absolute atomic E-state index is 9.92. The van der Waals surface area contributed by atoms with E-state index in [0.717, 1.165) is 5.56 Å². The van der Waals surface area contributed by atoms with Crippen molar-refractivity contribution < 1.29 is 5.11 Å². The number of benzene rings is 1. The third-order valence-electron chi connectivity index (χ3n) is 3.42. The Morgan fingerprint density at radius 1 is 1.06 bits per heavy atom. The van der Waals surface area contributed by atoms with Crippen LogP contribution < -0.4 is 0 Å². The molecule has 1 atom stereocenters. The lowest BCUT2D eigenvalue weighted by Gasteiger charge is -2.11. The van der Waals surface area contributed by atoms with Crippen LogP contribution in [0, 0.1) is 13.8 Å². The first-order valence-electron chi connectivity index (χ1n) is 6.22. The fraction of sp³-hybridized carbons (Fsp3) is 0.467. The average Bonchev–Trinajstić information content (AvgIpc) is 2.64. The van der Waals surface area contributed by atoms with Crippen LogP contribution in [0.15, 0.2) is 18.3 Å². The predicted molar refractivity (Wildman–Crippen MR) is 72.4 cm³/mol. The third kappa shape index (κ3) is 1.87. The van der Waals surface area contributed by atoms with Gasteiger partial charge in [0, 0.05) is 23.2 Å². The number of aliphatic hydroxyl groups excluding tert-OH is 1. The van der Waals surface area contributed by atoms with Gasteiger partial charge >= 0.3 is 0 Å². The maximum Gasteiger partial charge on any atom is 0.0782 e. The molecule has 0 radical (unpaired) electrons. The Bertz CT molecular complexity index is 502. The number of aliphatic hydroxyl groups is 1. The average molecular weight is 231 g/mol. The van der Waals surface area contributed by atoms with Crippen molar-refractivity contribution in [3.8, 4) is 0 Å². The van der Waals surface area contributed by atoms with E-state index >= 15 is 0 Å². The molecule has 0 amide bonds. The molecule has 2 rings (SSSR count). The number of rotatable bonds is 2. The van der Waals surface area contributed by atoms with E-state index in [2.05, 4.69) is 50.6 Å². The molecule has 0 aliphatic heterocycles. The number of aryl methyl sites for hydroxylation is 2. The summed E-state index contributed by atoms with van der Waals surface area (Å²) < 4.78 is 2.26. The van der Waals surface area contributed by atoms with Crippen molar-refractivity contribution in [3.63, 3.8) is 0 Å². The van der Waals surface area contributed by atoms with E-state index in [1.807, 2.05) is 6.92 Å². The van der Waals surface area contributed by atoms with Crippen molar-refractivity contribution in [1.29, 1.82) is 0 Å². The molecule has 0 spiro atoms. The topological polar surface area (TPSA) is 25.2 Å². The highest BCUT2D eigenvalue weighted by Crippen LogP contribution is 2.33. The van der Waals surface area contributed by atoms with E-state index in [0.29, 0.717) is 6.04 Å². The SMILES string of the molecule is Cc1ccc(C)c2c1c(C(C)O)cn2C(C)C. The molecular weight excluding hydrogens is 210 g/mol. The summed E-state index contributed by atoms with van der Waals surface area (Å²) in [4.78, 5) is 0. The molecule has 1 aromatic heterocycles. The monoisotopic (exact) mass is 231 g/mol. The molecule has 17 heavy (non-hydrogen) atoms. The van der Waals surface area contributed by atoms with Gasteiger partial charge in [-0.25, -0.2) is 0 Å². The zero-order valence-electron chi connectivity index (χ0n) is 11.3. The van der Waals surface area contributed by atoms with Gasteiger partial charge in [0.2, 0.25) is 0 Å². The molecule has 1 heterocycles. The van der Waals surface area contributed by atoms with Crippen molar-refractivity contribution in [2.45, 2.75) is 46.8 Å². The Morgan fingerprint density at radius 3 is 2.18 bits per heavy atom. The Labute approximate surface area is 103 Å². The summed E-state index contributed by atoms with van der Waals surface area (Å²) in [5, 5.41) is 11.1. The van der Waals surface area contributed by atoms with E-state index in [4.69, 9.17) is 0 Å². The van der Waals surface area contributed by atoms with Gasteiger partial charge in [0.1, 0.15) is 0 Å². The van der Waals surface area contributed by atoms with Crippen LogP contribution in [0.2, 0.25) is 0 Å². The van der Waals surface area contributed by atoms with Gasteiger partial charge in [-0.2, -0.15) is 0 Å². The second-order valence-electron chi connectivity index (χ2n) is 5.18. The van der Waals surface area contributed by atoms with E-state index < -0.39 is 6.10 Å². The summed E-state index contributed by atoms with van der Waals surface area (Å²) in [6, 6.07) is 4.70. The molecule has 1 unspecified atom stereocenters. The third-order valence-corrected chi connectivity index (χ3v) is 3.42. The minimum absolute atomic E-state index is 0.408. The Morgan fingerprint density at radius 2 is 1.65 bits per heavy atom. The van der Waals surface area contributed by atoms with Crippen molar-refractivity contribution in [2.75, 3.05) is 0 Å². The maximum atomic E-state index is 9.92. The largest absolute Gasteiger partial charge is 0.389 e. The lowest BCUT2D eigenvalue weighted by molar-refractivity contribution is 0.200. The van der Waals surface area contributed by atoms with Crippen molar-refractivity contribution in [2.24, 2.45) is 0 Å². The fourth-order valence-corrected chi connectivity index (χ4v) is 2.50. The Balaban J connectivity index is 2.90. The number of nitrogens with zero attached hydrogens (tertiary/aromatic N) is 1. The van der Waals surface area contributed by atoms with Gasteiger partial charge in [0.25, 0.3) is 0 Å². The molecule has 92 valence electrons. The Kier molecular flexibility index (Phi) is 3.00. The van der Waals surface area contributed by atoms with E-state index in [1.165, 1.54) is 22.0 Å². The number of hydrogen-bond donors (Lipinski definition) is 1. The molecule has 2 nitrogen and oxygen atoms in total. The summed E-state index contributed by atoms with van der Waals surface area (Å²) in [5.41, 5.74) is 4.80. The lowest BCUT2D eigenvalue weighted by Crippen LogP contribution is -1.99. The first kappa shape index (κ1) is 12.2. The molecule has 0 fully saturated rings. The first-order chi connectivity index (χ1) is 7.93. The summed E-state index contributed by atoms with van der Waals surface area (Å²) in [5.74, 6) is 0. The van der Waals surface area contributed by atoms with Crippen LogP contribution in [0.4, 0.5) is 0 Å². The number of aromatic nitrogens is 1. The first-order valence-corrected chi connectivity index (χ1v) is 6.22. The van der Waals surface area contributed by atoms with E-state index in [-0.39, 0.29) is 0 Å². The lowest BCUT2D eigenvalue weighted by atomic mass is 10.0. The standard InChI is InChI=1S/C15H21NO/c1-9(2)16-8-13(12(5)17)14-10(3)6-7-11(4)15(14)16/h6-9,12,17H,1-5H3. The zero-order chi connectivity index (χ0) is 12.7. The van der Waals surface area contributed by atoms with Crippen LogP contribution in [0.5, 0.6) is 0 Å². The second-order valence-corrected chi connectivity index (χ2v) is 5.18. The van der Waals surface area contributed by atoms with Gasteiger partial charge in [0.15, 0.2) is 0 Å². The summed E-state index contributed by atoms with van der Waals surface area (Å²) >= 11 is 0. The van der Waals surface area contributed by atoms with Crippen molar-refractivity contribution >= 4 is 10.9 Å². The van der Waals surface area contributed by atoms with E-state index in [1.54, 1.807) is 0 Å². The van der Waals surface area contributed by atoms with E-state index in [9.17, 15) is 5.11 Å². The van der Waals surface area contributed by atoms with Gasteiger partial charge in [-0.15, -0.1) is 0 Å². The second kappa shape index (κ2) is 4.19. The van der Waals surface area contributed by atoms with Crippen molar-refractivity contribution in [1.82, 2.24) is 4.57 Å². The van der Waals surface area contributed by atoms with Crippen molar-refractivity contribution in [3.05, 3.63) is 35.0 Å². The highest BCUT2D eigenvalue weighted by molar-refractivity contribution is 5.90. The molecule has 0 saturated heterocycles. The molecule has 0 aliphatic carbocycles. The summed E-state index contributed by atoms with van der Waals surface area (Å²) in [6.07, 6.45) is 1.68. The zero-order valence-corrected chi connectivity index (χ0v) is 11.3. The van der Waals surface area contributed by atoms with Crippen LogP contribution in [0.25, 0.3) is 10.9 Å². The molecule has 0 saturated carbocycles. The summed E-state index contributed by atoms with van der Waals surface area (Å²) in [6.45, 7) is 10.4. The quantitative estimate of drug-likeness (QED) is 0.833. The van der Waals surface area contributed by atoms with Crippen LogP contribution in [-0.2, 0) is 0 Å². The molecule has 1 N–H and O–H groups in total. The number of fused-ring (bicyclic) bond motifs is 1. The van der Waals surface area contributed by atoms with Crippen LogP contribution in [0.3, 0.4) is 0 Å². The van der Waals surface area contributed by atoms with Gasteiger partial charge in [-0.3, -0.25) is 0 Å². The Hall–Kier alpha value is -1.28. The smallest absolute Gasteiger partial charge is 0.0782 e. The molecule has 2 aromatic rings. The molecule has 1 aromatic carbocycles. The van der Waals surface area contributed by atoms with Gasteiger partial charge in [-0.1, -0.05) is 12.1 Å². The van der Waals surface area contributed by atoms with Gasteiger partial charge in [0.05, 0.1) is 11.6 Å². The van der Waals surface area contributed by atoms with Crippen LogP contribution >= 0.6 is 0 Å². The molecule has 0 bridgehead atoms. The predicted octanol–water partition coefficient (Wildman–Crippen LogP) is 3.89. The van der Waals surface area contributed by atoms with Gasteiger partial charge < -0.3 is 9.67 Å². The minimum atomic E-state index is -0.419. The van der Waals surface area contributed by atoms with Crippen LogP contribution in [-0.4, -0.2) is 9.67 Å². The van der Waals surface area contributed by atoms with Crippen LogP contribution in [0.1, 0.15) is 49.6 Å². The highest BCUT2D eigenvalue weighted by atomic mass is 16.3. The molecule has 0 aliphatic rings. The fourth-order valence-electron chi connectivity index (χ4n) is 2.50.